The maximum Gasteiger partial charge on any atom is 0.407 e. The Kier molecular flexibility index (Phi) is 7.73. The fraction of sp³-hybridized carbons (Fsp3) is 0.464. The minimum absolute atomic E-state index is 0.0322. The van der Waals surface area contributed by atoms with Crippen molar-refractivity contribution in [2.45, 2.75) is 51.5 Å². The molecular formula is C28H34N2O5. The Labute approximate surface area is 206 Å². The van der Waals surface area contributed by atoms with Gasteiger partial charge < -0.3 is 20.5 Å². The second kappa shape index (κ2) is 10.9. The van der Waals surface area contributed by atoms with E-state index in [4.69, 9.17) is 4.74 Å². The monoisotopic (exact) mass is 478 g/mol. The lowest BCUT2D eigenvalue weighted by atomic mass is 9.73. The zero-order chi connectivity index (χ0) is 24.9. The van der Waals surface area contributed by atoms with Crippen LogP contribution in [0, 0.1) is 17.8 Å². The molecule has 0 aliphatic heterocycles. The van der Waals surface area contributed by atoms with Crippen LogP contribution in [0.1, 0.15) is 56.6 Å². The molecule has 0 bridgehead atoms. The molecule has 0 radical (unpaired) electrons. The largest absolute Gasteiger partial charge is 0.480 e. The topological polar surface area (TPSA) is 105 Å². The summed E-state index contributed by atoms with van der Waals surface area (Å²) in [6.45, 7) is 4.54. The van der Waals surface area contributed by atoms with Crippen molar-refractivity contribution in [2.24, 2.45) is 17.8 Å². The van der Waals surface area contributed by atoms with Crippen LogP contribution in [0.3, 0.4) is 0 Å². The highest BCUT2D eigenvalue weighted by Gasteiger charge is 2.33. The molecule has 2 atom stereocenters. The van der Waals surface area contributed by atoms with E-state index >= 15 is 0 Å². The van der Waals surface area contributed by atoms with Crippen molar-refractivity contribution >= 4 is 18.0 Å². The first-order chi connectivity index (χ1) is 16.9. The van der Waals surface area contributed by atoms with E-state index in [2.05, 4.69) is 34.9 Å². The van der Waals surface area contributed by atoms with Gasteiger partial charge in [-0.15, -0.1) is 0 Å². The van der Waals surface area contributed by atoms with Gasteiger partial charge in [-0.3, -0.25) is 4.79 Å². The maximum absolute atomic E-state index is 12.4. The number of benzene rings is 2. The summed E-state index contributed by atoms with van der Waals surface area (Å²) in [4.78, 5) is 36.0. The van der Waals surface area contributed by atoms with Crippen molar-refractivity contribution < 1.29 is 24.2 Å². The SMILES string of the molecule is CCC(C)C(NC(=O)CC1CC(CNC(=O)OCC2c3ccccc3-c3ccccc32)C1)C(=O)O. The molecule has 0 saturated heterocycles. The van der Waals surface area contributed by atoms with Gasteiger partial charge in [-0.1, -0.05) is 68.8 Å². The third kappa shape index (κ3) is 5.66. The number of carbonyl (C=O) groups excluding carboxylic acids is 2. The van der Waals surface area contributed by atoms with Gasteiger partial charge >= 0.3 is 12.1 Å². The van der Waals surface area contributed by atoms with Crippen LogP contribution in [0.25, 0.3) is 11.1 Å². The van der Waals surface area contributed by atoms with Crippen molar-refractivity contribution in [3.05, 3.63) is 59.7 Å². The molecule has 3 N–H and O–H groups in total. The summed E-state index contributed by atoms with van der Waals surface area (Å²) >= 11 is 0. The van der Waals surface area contributed by atoms with Gasteiger partial charge in [0.2, 0.25) is 5.91 Å². The Morgan fingerprint density at radius 2 is 1.60 bits per heavy atom. The summed E-state index contributed by atoms with van der Waals surface area (Å²) < 4.78 is 5.58. The van der Waals surface area contributed by atoms with Gasteiger partial charge in [0.25, 0.3) is 0 Å². The standard InChI is InChI=1S/C28H34N2O5/c1-3-17(2)26(27(32)33)30-25(31)14-18-12-19(13-18)15-29-28(34)35-16-24-22-10-6-4-8-20(22)21-9-5-7-11-23(21)24/h4-11,17-19,24,26H,3,12-16H2,1-2H3,(H,29,34)(H,30,31)(H,32,33). The molecule has 2 unspecified atom stereocenters. The van der Waals surface area contributed by atoms with Crippen molar-refractivity contribution in [2.75, 3.05) is 13.2 Å². The van der Waals surface area contributed by atoms with Crippen LogP contribution in [-0.4, -0.2) is 42.3 Å². The van der Waals surface area contributed by atoms with Crippen molar-refractivity contribution in [1.29, 1.82) is 0 Å². The molecule has 7 heteroatoms. The zero-order valence-electron chi connectivity index (χ0n) is 20.3. The predicted octanol–water partition coefficient (Wildman–Crippen LogP) is 4.56. The Bertz CT molecular complexity index is 1030. The lowest BCUT2D eigenvalue weighted by molar-refractivity contribution is -0.143. The van der Waals surface area contributed by atoms with E-state index in [1.165, 1.54) is 22.3 Å². The van der Waals surface area contributed by atoms with Gasteiger partial charge in [0.05, 0.1) is 0 Å². The first-order valence-corrected chi connectivity index (χ1v) is 12.5. The molecule has 1 fully saturated rings. The molecule has 1 saturated carbocycles. The van der Waals surface area contributed by atoms with Crippen LogP contribution in [0.15, 0.2) is 48.5 Å². The highest BCUT2D eigenvalue weighted by molar-refractivity contribution is 5.84. The number of hydrogen-bond acceptors (Lipinski definition) is 4. The molecule has 4 rings (SSSR count). The average molecular weight is 479 g/mol. The molecule has 0 aromatic heterocycles. The van der Waals surface area contributed by atoms with Crippen LogP contribution >= 0.6 is 0 Å². The van der Waals surface area contributed by atoms with Crippen molar-refractivity contribution in [3.8, 4) is 11.1 Å². The third-order valence-electron chi connectivity index (χ3n) is 7.48. The fourth-order valence-electron chi connectivity index (χ4n) is 5.26. The number of fused-ring (bicyclic) bond motifs is 3. The Balaban J connectivity index is 1.18. The minimum atomic E-state index is -0.994. The molecule has 2 amide bonds. The summed E-state index contributed by atoms with van der Waals surface area (Å²) in [5, 5.41) is 14.9. The quantitative estimate of drug-likeness (QED) is 0.464. The number of carbonyl (C=O) groups is 3. The van der Waals surface area contributed by atoms with Gasteiger partial charge in [0.15, 0.2) is 0 Å². The van der Waals surface area contributed by atoms with Crippen molar-refractivity contribution in [1.82, 2.24) is 10.6 Å². The normalized spacial score (nSPS) is 20.1. The number of carboxylic acid groups (broad SMARTS) is 1. The molecule has 2 aromatic carbocycles. The zero-order valence-corrected chi connectivity index (χ0v) is 20.3. The number of alkyl carbamates (subject to hydrolysis) is 1. The summed E-state index contributed by atoms with van der Waals surface area (Å²) in [6, 6.07) is 15.6. The second-order valence-corrected chi connectivity index (χ2v) is 9.88. The van der Waals surface area contributed by atoms with E-state index in [1.54, 1.807) is 0 Å². The maximum atomic E-state index is 12.4. The number of nitrogens with one attached hydrogen (secondary N) is 2. The van der Waals surface area contributed by atoms with E-state index in [1.807, 2.05) is 38.1 Å². The van der Waals surface area contributed by atoms with E-state index in [9.17, 15) is 19.5 Å². The smallest absolute Gasteiger partial charge is 0.407 e. The lowest BCUT2D eigenvalue weighted by Crippen LogP contribution is -2.46. The number of rotatable bonds is 10. The molecule has 186 valence electrons. The second-order valence-electron chi connectivity index (χ2n) is 9.88. The molecule has 0 spiro atoms. The van der Waals surface area contributed by atoms with Gasteiger partial charge in [-0.25, -0.2) is 9.59 Å². The first-order valence-electron chi connectivity index (χ1n) is 12.5. The molecule has 0 heterocycles. The number of aliphatic carboxylic acids is 1. The van der Waals surface area contributed by atoms with E-state index in [0.717, 1.165) is 12.8 Å². The summed E-state index contributed by atoms with van der Waals surface area (Å²) in [5.74, 6) is -0.775. The number of hydrogen-bond donors (Lipinski definition) is 3. The highest BCUT2D eigenvalue weighted by atomic mass is 16.5. The summed E-state index contributed by atoms with van der Waals surface area (Å²) in [6.07, 6.45) is 2.24. The fourth-order valence-corrected chi connectivity index (χ4v) is 5.26. The van der Waals surface area contributed by atoms with Crippen LogP contribution in [0.5, 0.6) is 0 Å². The van der Waals surface area contributed by atoms with Gasteiger partial charge in [-0.2, -0.15) is 0 Å². The van der Waals surface area contributed by atoms with Crippen molar-refractivity contribution in [3.63, 3.8) is 0 Å². The Hall–Kier alpha value is -3.35. The summed E-state index contributed by atoms with van der Waals surface area (Å²) in [5.41, 5.74) is 4.75. The van der Waals surface area contributed by atoms with Crippen LogP contribution < -0.4 is 10.6 Å². The average Bonchev–Trinajstić information content (AvgIpc) is 3.15. The Morgan fingerprint density at radius 1 is 1.00 bits per heavy atom. The van der Waals surface area contributed by atoms with Crippen LogP contribution in [0.4, 0.5) is 4.79 Å². The van der Waals surface area contributed by atoms with E-state index in [-0.39, 0.29) is 30.3 Å². The van der Waals surface area contributed by atoms with Gasteiger partial charge in [-0.05, 0) is 52.8 Å². The predicted molar refractivity (Wildman–Crippen MR) is 133 cm³/mol. The van der Waals surface area contributed by atoms with Crippen LogP contribution in [0.2, 0.25) is 0 Å². The molecule has 7 nitrogen and oxygen atoms in total. The van der Waals surface area contributed by atoms with Crippen LogP contribution in [-0.2, 0) is 14.3 Å². The number of amides is 2. The van der Waals surface area contributed by atoms with E-state index in [0.29, 0.717) is 25.3 Å². The molecule has 2 aromatic rings. The van der Waals surface area contributed by atoms with Gasteiger partial charge in [0.1, 0.15) is 12.6 Å². The first kappa shape index (κ1) is 24.8. The minimum Gasteiger partial charge on any atom is -0.480 e. The molecule has 2 aliphatic rings. The molecular weight excluding hydrogens is 444 g/mol. The van der Waals surface area contributed by atoms with Gasteiger partial charge in [0, 0.05) is 18.9 Å². The Morgan fingerprint density at radius 3 is 2.17 bits per heavy atom. The van der Waals surface area contributed by atoms with E-state index < -0.39 is 18.1 Å². The summed E-state index contributed by atoms with van der Waals surface area (Å²) in [7, 11) is 0. The third-order valence-corrected chi connectivity index (χ3v) is 7.48. The lowest BCUT2D eigenvalue weighted by Gasteiger charge is -2.35. The highest BCUT2D eigenvalue weighted by Crippen LogP contribution is 2.44. The number of ether oxygens (including phenoxy) is 1. The number of carboxylic acids is 1. The molecule has 35 heavy (non-hydrogen) atoms. The molecule has 2 aliphatic carbocycles.